The summed E-state index contributed by atoms with van der Waals surface area (Å²) < 4.78 is 45.4. The lowest BCUT2D eigenvalue weighted by molar-refractivity contribution is 0.0536. The molecule has 0 spiro atoms. The summed E-state index contributed by atoms with van der Waals surface area (Å²) in [6.07, 6.45) is 0. The average molecular weight is 480 g/mol. The molecule has 5 rings (SSSR count). The molecule has 2 aromatic heterocycles. The maximum Gasteiger partial charge on any atom is 0.259 e. The lowest BCUT2D eigenvalue weighted by atomic mass is 10.0. The number of piperazine rings is 1. The number of rotatable bonds is 3. The van der Waals surface area contributed by atoms with E-state index in [1.54, 1.807) is 30.0 Å². The minimum Gasteiger partial charge on any atom is -0.335 e. The highest BCUT2D eigenvalue weighted by atomic mass is 19.2. The van der Waals surface area contributed by atoms with Gasteiger partial charge in [-0.3, -0.25) is 9.59 Å². The van der Waals surface area contributed by atoms with Gasteiger partial charge in [0.25, 0.3) is 17.5 Å². The highest BCUT2D eigenvalue weighted by Gasteiger charge is 2.28. The Balaban J connectivity index is 1.39. The largest absolute Gasteiger partial charge is 0.335 e. The number of fused-ring (bicyclic) bond motifs is 1. The van der Waals surface area contributed by atoms with Gasteiger partial charge in [-0.25, -0.2) is 18.2 Å². The van der Waals surface area contributed by atoms with E-state index in [2.05, 4.69) is 10.1 Å². The van der Waals surface area contributed by atoms with Crippen LogP contribution in [-0.4, -0.2) is 57.9 Å². The number of amides is 2. The van der Waals surface area contributed by atoms with Crippen LogP contribution in [-0.2, 0) is 0 Å². The Morgan fingerprint density at radius 1 is 0.857 bits per heavy atom. The molecule has 0 N–H and O–H groups in total. The topological polar surface area (TPSA) is 79.5 Å². The van der Waals surface area contributed by atoms with E-state index in [4.69, 9.17) is 4.52 Å². The van der Waals surface area contributed by atoms with Gasteiger partial charge in [0.05, 0.1) is 22.3 Å². The summed E-state index contributed by atoms with van der Waals surface area (Å²) in [7, 11) is 0. The first-order valence-electron chi connectivity index (χ1n) is 10.9. The zero-order chi connectivity index (χ0) is 24.7. The Morgan fingerprint density at radius 3 is 2.17 bits per heavy atom. The Labute approximate surface area is 197 Å². The van der Waals surface area contributed by atoms with Crippen LogP contribution in [0, 0.1) is 24.4 Å². The highest BCUT2D eigenvalue weighted by Crippen LogP contribution is 2.28. The summed E-state index contributed by atoms with van der Waals surface area (Å²) >= 11 is 0. The van der Waals surface area contributed by atoms with E-state index in [1.807, 2.05) is 0 Å². The van der Waals surface area contributed by atoms with E-state index < -0.39 is 23.4 Å². The van der Waals surface area contributed by atoms with E-state index in [0.29, 0.717) is 27.9 Å². The van der Waals surface area contributed by atoms with Gasteiger partial charge in [-0.2, -0.15) is 0 Å². The molecule has 2 aromatic carbocycles. The molecule has 0 atom stereocenters. The minimum absolute atomic E-state index is 0.0450. The van der Waals surface area contributed by atoms with Crippen molar-refractivity contribution in [2.45, 2.75) is 6.92 Å². The fourth-order valence-corrected chi connectivity index (χ4v) is 4.13. The first-order valence-corrected chi connectivity index (χ1v) is 10.9. The van der Waals surface area contributed by atoms with E-state index in [1.165, 1.54) is 23.1 Å². The highest BCUT2D eigenvalue weighted by molar-refractivity contribution is 6.07. The summed E-state index contributed by atoms with van der Waals surface area (Å²) in [5.41, 5.74) is 2.13. The average Bonchev–Trinajstić information content (AvgIpc) is 3.25. The summed E-state index contributed by atoms with van der Waals surface area (Å²) in [6, 6.07) is 10.4. The van der Waals surface area contributed by atoms with Gasteiger partial charge in [-0.15, -0.1) is 0 Å². The van der Waals surface area contributed by atoms with E-state index in [0.717, 1.165) is 12.1 Å². The van der Waals surface area contributed by atoms with Crippen LogP contribution in [0.2, 0.25) is 0 Å². The van der Waals surface area contributed by atoms with Crippen LogP contribution in [0.1, 0.15) is 26.4 Å². The predicted molar refractivity (Wildman–Crippen MR) is 120 cm³/mol. The number of carbonyl (C=O) groups is 2. The second kappa shape index (κ2) is 8.86. The van der Waals surface area contributed by atoms with Crippen molar-refractivity contribution in [2.24, 2.45) is 0 Å². The summed E-state index contributed by atoms with van der Waals surface area (Å²) in [6.45, 7) is 2.65. The van der Waals surface area contributed by atoms with Gasteiger partial charge in [0, 0.05) is 37.3 Å². The third kappa shape index (κ3) is 4.23. The summed E-state index contributed by atoms with van der Waals surface area (Å²) in [5.74, 6) is -3.22. The van der Waals surface area contributed by atoms with Crippen LogP contribution >= 0.6 is 0 Å². The van der Waals surface area contributed by atoms with Gasteiger partial charge in [0.1, 0.15) is 5.82 Å². The third-order valence-electron chi connectivity index (χ3n) is 6.01. The van der Waals surface area contributed by atoms with Gasteiger partial charge in [0.15, 0.2) is 11.6 Å². The Bertz CT molecular complexity index is 1440. The van der Waals surface area contributed by atoms with E-state index in [9.17, 15) is 22.8 Å². The fourth-order valence-electron chi connectivity index (χ4n) is 4.13. The standard InChI is InChI=1S/C25H19F3N4O3/c1-14-22-18(13-21(29-23(22)35-30-14)15-2-5-17(26)6-3-15)25(34)32-10-8-31(9-11-32)24(33)16-4-7-19(27)20(28)12-16/h2-7,12-13H,8-11H2,1H3. The Morgan fingerprint density at radius 2 is 1.51 bits per heavy atom. The van der Waals surface area contributed by atoms with Crippen molar-refractivity contribution in [3.05, 3.63) is 82.8 Å². The molecule has 0 bridgehead atoms. The SMILES string of the molecule is Cc1noc2nc(-c3ccc(F)cc3)cc(C(=O)N3CCN(C(=O)c4ccc(F)c(F)c4)CC3)c12. The lowest BCUT2D eigenvalue weighted by Crippen LogP contribution is -2.50. The van der Waals surface area contributed by atoms with Crippen molar-refractivity contribution in [1.82, 2.24) is 19.9 Å². The molecule has 0 unspecified atom stereocenters. The molecule has 1 aliphatic rings. The maximum absolute atomic E-state index is 13.5. The van der Waals surface area contributed by atoms with E-state index in [-0.39, 0.29) is 43.4 Å². The number of nitrogens with zero attached hydrogens (tertiary/aromatic N) is 4. The monoisotopic (exact) mass is 480 g/mol. The predicted octanol–water partition coefficient (Wildman–Crippen LogP) is 4.21. The normalized spacial score (nSPS) is 13.9. The molecule has 4 aromatic rings. The molecule has 1 saturated heterocycles. The number of pyridine rings is 1. The molecule has 0 saturated carbocycles. The molecule has 3 heterocycles. The van der Waals surface area contributed by atoms with Crippen LogP contribution in [0.3, 0.4) is 0 Å². The lowest BCUT2D eigenvalue weighted by Gasteiger charge is -2.35. The smallest absolute Gasteiger partial charge is 0.259 e. The molecular weight excluding hydrogens is 461 g/mol. The van der Waals surface area contributed by atoms with Crippen LogP contribution in [0.15, 0.2) is 53.1 Å². The number of aromatic nitrogens is 2. The molecule has 35 heavy (non-hydrogen) atoms. The third-order valence-corrected chi connectivity index (χ3v) is 6.01. The first kappa shape index (κ1) is 22.6. The van der Waals surface area contributed by atoms with Crippen molar-refractivity contribution in [2.75, 3.05) is 26.2 Å². The number of hydrogen-bond acceptors (Lipinski definition) is 5. The van der Waals surface area contributed by atoms with Crippen LogP contribution < -0.4 is 0 Å². The van der Waals surface area contributed by atoms with Crippen LogP contribution in [0.25, 0.3) is 22.4 Å². The number of hydrogen-bond donors (Lipinski definition) is 0. The molecule has 10 heteroatoms. The van der Waals surface area contributed by atoms with Gasteiger partial charge in [-0.05, 0) is 55.5 Å². The minimum atomic E-state index is -1.09. The van der Waals surface area contributed by atoms with Gasteiger partial charge < -0.3 is 14.3 Å². The van der Waals surface area contributed by atoms with Crippen molar-refractivity contribution in [1.29, 1.82) is 0 Å². The van der Waals surface area contributed by atoms with Crippen molar-refractivity contribution in [3.63, 3.8) is 0 Å². The molecule has 0 radical (unpaired) electrons. The Kier molecular flexibility index (Phi) is 5.72. The van der Waals surface area contributed by atoms with Crippen molar-refractivity contribution < 1.29 is 27.3 Å². The van der Waals surface area contributed by atoms with Gasteiger partial charge in [-0.1, -0.05) is 5.16 Å². The molecular formula is C25H19F3N4O3. The second-order valence-corrected chi connectivity index (χ2v) is 8.22. The van der Waals surface area contributed by atoms with Crippen molar-refractivity contribution >= 4 is 22.9 Å². The second-order valence-electron chi connectivity index (χ2n) is 8.22. The number of carbonyl (C=O) groups excluding carboxylic acids is 2. The molecule has 7 nitrogen and oxygen atoms in total. The van der Waals surface area contributed by atoms with Crippen molar-refractivity contribution in [3.8, 4) is 11.3 Å². The summed E-state index contributed by atoms with van der Waals surface area (Å²) in [4.78, 5) is 33.7. The molecule has 1 fully saturated rings. The maximum atomic E-state index is 13.5. The van der Waals surface area contributed by atoms with Gasteiger partial charge >= 0.3 is 0 Å². The zero-order valence-electron chi connectivity index (χ0n) is 18.6. The zero-order valence-corrected chi connectivity index (χ0v) is 18.6. The molecule has 0 aliphatic carbocycles. The van der Waals surface area contributed by atoms with Gasteiger partial charge in [0.2, 0.25) is 0 Å². The molecule has 1 aliphatic heterocycles. The first-order chi connectivity index (χ1) is 16.8. The molecule has 178 valence electrons. The number of aryl methyl sites for hydroxylation is 1. The molecule has 2 amide bonds. The van der Waals surface area contributed by atoms with Crippen LogP contribution in [0.4, 0.5) is 13.2 Å². The summed E-state index contributed by atoms with van der Waals surface area (Å²) in [5, 5.41) is 4.42. The van der Waals surface area contributed by atoms with E-state index >= 15 is 0 Å². The Hall–Kier alpha value is -4.21. The quantitative estimate of drug-likeness (QED) is 0.439. The fraction of sp³-hybridized carbons (Fsp3) is 0.200. The van der Waals surface area contributed by atoms with Crippen LogP contribution in [0.5, 0.6) is 0 Å². The number of halogens is 3. The number of benzene rings is 2.